The number of nitrogens with one attached hydrogen (secondary N) is 2. The third-order valence-electron chi connectivity index (χ3n) is 6.48. The van der Waals surface area contributed by atoms with Gasteiger partial charge in [0.2, 0.25) is 5.91 Å². The topological polar surface area (TPSA) is 121 Å². The van der Waals surface area contributed by atoms with Crippen molar-refractivity contribution in [3.63, 3.8) is 0 Å². The summed E-state index contributed by atoms with van der Waals surface area (Å²) in [6.07, 6.45) is 4.32. The molecule has 3 atom stereocenters. The number of carbonyl (C=O) groups is 3. The van der Waals surface area contributed by atoms with Crippen LogP contribution in [0.2, 0.25) is 0 Å². The fourth-order valence-corrected chi connectivity index (χ4v) is 4.77. The van der Waals surface area contributed by atoms with Gasteiger partial charge >= 0.3 is 0 Å². The van der Waals surface area contributed by atoms with Crippen LogP contribution in [0.15, 0.2) is 48.8 Å². The lowest BCUT2D eigenvalue weighted by molar-refractivity contribution is 0.0767. The van der Waals surface area contributed by atoms with Crippen LogP contribution < -0.4 is 11.1 Å². The zero-order valence-corrected chi connectivity index (χ0v) is 16.9. The zero-order chi connectivity index (χ0) is 21.5. The quantitative estimate of drug-likeness (QED) is 0.566. The molecule has 3 aromatic rings. The van der Waals surface area contributed by atoms with E-state index in [-0.39, 0.29) is 11.8 Å². The van der Waals surface area contributed by atoms with Crippen molar-refractivity contribution in [1.29, 1.82) is 0 Å². The number of aromatic amines is 1. The summed E-state index contributed by atoms with van der Waals surface area (Å²) in [5.74, 6) is 0.792. The molecule has 1 unspecified atom stereocenters. The minimum absolute atomic E-state index is 0.0596. The summed E-state index contributed by atoms with van der Waals surface area (Å²) in [6.45, 7) is 2.05. The number of nitrogens with two attached hydrogens (primary N) is 1. The van der Waals surface area contributed by atoms with Gasteiger partial charge in [0.1, 0.15) is 5.69 Å². The van der Waals surface area contributed by atoms with Crippen molar-refractivity contribution in [2.75, 3.05) is 19.6 Å². The Labute approximate surface area is 178 Å². The Morgan fingerprint density at radius 3 is 2.65 bits per heavy atom. The highest BCUT2D eigenvalue weighted by atomic mass is 16.2. The highest BCUT2D eigenvalue weighted by Crippen LogP contribution is 2.53. The summed E-state index contributed by atoms with van der Waals surface area (Å²) in [5.41, 5.74) is 7.58. The highest BCUT2D eigenvalue weighted by Gasteiger charge is 2.55. The second kappa shape index (κ2) is 7.54. The molecule has 0 radical (unpaired) electrons. The van der Waals surface area contributed by atoms with Crippen molar-refractivity contribution in [3.8, 4) is 0 Å². The third kappa shape index (κ3) is 3.65. The van der Waals surface area contributed by atoms with E-state index in [0.29, 0.717) is 41.1 Å². The first-order chi connectivity index (χ1) is 15.0. The number of benzene rings is 1. The monoisotopic (exact) mass is 417 g/mol. The van der Waals surface area contributed by atoms with Gasteiger partial charge in [0.15, 0.2) is 0 Å². The van der Waals surface area contributed by atoms with Crippen LogP contribution in [0.3, 0.4) is 0 Å². The van der Waals surface area contributed by atoms with Gasteiger partial charge in [-0.1, -0.05) is 6.07 Å². The highest BCUT2D eigenvalue weighted by molar-refractivity contribution is 5.99. The average Bonchev–Trinajstić information content (AvgIpc) is 3.14. The van der Waals surface area contributed by atoms with Crippen LogP contribution in [0.5, 0.6) is 0 Å². The Morgan fingerprint density at radius 1 is 1.13 bits per heavy atom. The largest absolute Gasteiger partial charge is 0.366 e. The number of likely N-dealkylation sites (tertiary alicyclic amines) is 1. The number of hydrogen-bond donors (Lipinski definition) is 3. The average molecular weight is 417 g/mol. The maximum Gasteiger partial charge on any atom is 0.267 e. The van der Waals surface area contributed by atoms with Crippen molar-refractivity contribution in [2.45, 2.75) is 6.42 Å². The summed E-state index contributed by atoms with van der Waals surface area (Å²) >= 11 is 0. The van der Waals surface area contributed by atoms with Crippen molar-refractivity contribution in [1.82, 2.24) is 20.2 Å². The number of rotatable bonds is 6. The molecule has 31 heavy (non-hydrogen) atoms. The predicted molar refractivity (Wildman–Crippen MR) is 114 cm³/mol. The van der Waals surface area contributed by atoms with Crippen LogP contribution in [0.1, 0.15) is 37.6 Å². The number of primary amides is 1. The Bertz CT molecular complexity index is 1140. The molecule has 1 saturated carbocycles. The van der Waals surface area contributed by atoms with Gasteiger partial charge < -0.3 is 20.9 Å². The van der Waals surface area contributed by atoms with E-state index in [9.17, 15) is 14.4 Å². The van der Waals surface area contributed by atoms with Crippen molar-refractivity contribution in [2.24, 2.45) is 23.5 Å². The first-order valence-corrected chi connectivity index (χ1v) is 10.4. The number of hydrogen-bond acceptors (Lipinski definition) is 4. The Morgan fingerprint density at radius 2 is 1.90 bits per heavy atom. The van der Waals surface area contributed by atoms with Gasteiger partial charge in [-0.2, -0.15) is 0 Å². The minimum atomic E-state index is -0.537. The molecule has 2 fully saturated rings. The summed E-state index contributed by atoms with van der Waals surface area (Å²) in [6, 6.07) is 10.2. The molecule has 8 nitrogen and oxygen atoms in total. The zero-order valence-electron chi connectivity index (χ0n) is 16.9. The molecule has 2 aromatic heterocycles. The SMILES string of the molecule is NC(=O)c1cccc(C(=O)N2C[C@@H]3C(CCNC(=O)c4cc5cnccc5[nH]4)[C@@H]3C2)c1. The van der Waals surface area contributed by atoms with Crippen LogP contribution in [0, 0.1) is 17.8 Å². The fourth-order valence-electron chi connectivity index (χ4n) is 4.77. The van der Waals surface area contributed by atoms with Crippen molar-refractivity contribution >= 4 is 28.6 Å². The molecule has 0 spiro atoms. The van der Waals surface area contributed by atoms with Gasteiger partial charge in [-0.05, 0) is 54.5 Å². The number of fused-ring (bicyclic) bond motifs is 2. The van der Waals surface area contributed by atoms with Crippen molar-refractivity contribution < 1.29 is 14.4 Å². The van der Waals surface area contributed by atoms with E-state index in [0.717, 1.165) is 30.4 Å². The first-order valence-electron chi connectivity index (χ1n) is 10.4. The molecule has 2 aliphatic rings. The Balaban J connectivity index is 1.10. The normalized spacial score (nSPS) is 21.7. The molecule has 158 valence electrons. The second-order valence-corrected chi connectivity index (χ2v) is 8.34. The number of carbonyl (C=O) groups excluding carboxylic acids is 3. The first kappa shape index (κ1) is 19.3. The van der Waals surface area contributed by atoms with Crippen LogP contribution >= 0.6 is 0 Å². The van der Waals surface area contributed by atoms with Gasteiger partial charge in [0.05, 0.1) is 0 Å². The molecule has 5 rings (SSSR count). The van der Waals surface area contributed by atoms with Crippen molar-refractivity contribution in [3.05, 3.63) is 65.6 Å². The van der Waals surface area contributed by atoms with Crippen LogP contribution in [-0.4, -0.2) is 52.2 Å². The number of pyridine rings is 1. The van der Waals surface area contributed by atoms with Gasteiger partial charge in [-0.3, -0.25) is 19.4 Å². The maximum absolute atomic E-state index is 12.7. The fraction of sp³-hybridized carbons (Fsp3) is 0.304. The van der Waals surface area contributed by atoms with Crippen LogP contribution in [0.25, 0.3) is 10.9 Å². The van der Waals surface area contributed by atoms with E-state index in [1.54, 1.807) is 42.7 Å². The standard InChI is InChI=1S/C23H23N5O3/c24-21(29)13-2-1-3-14(8-13)23(31)28-11-17-16(18(17)12-28)4-7-26-22(30)20-9-15-10-25-6-5-19(15)27-20/h1-3,5-6,8-10,16-18,27H,4,7,11-12H2,(H2,24,29)(H,26,30)/t16?,17-,18+. The van der Waals surface area contributed by atoms with E-state index in [1.807, 2.05) is 11.0 Å². The molecule has 1 aliphatic heterocycles. The predicted octanol–water partition coefficient (Wildman–Crippen LogP) is 1.80. The number of piperidine rings is 1. The van der Waals surface area contributed by atoms with Crippen LogP contribution in [-0.2, 0) is 0 Å². The smallest absolute Gasteiger partial charge is 0.267 e. The number of nitrogens with zero attached hydrogens (tertiary/aromatic N) is 2. The second-order valence-electron chi connectivity index (χ2n) is 8.34. The van der Waals surface area contributed by atoms with Gasteiger partial charge in [-0.25, -0.2) is 0 Å². The molecule has 3 heterocycles. The lowest BCUT2D eigenvalue weighted by atomic mass is 10.1. The Kier molecular flexibility index (Phi) is 4.69. The van der Waals surface area contributed by atoms with Gasteiger partial charge in [0, 0.05) is 54.1 Å². The molecule has 8 heteroatoms. The number of amides is 3. The van der Waals surface area contributed by atoms with Gasteiger partial charge in [-0.15, -0.1) is 0 Å². The van der Waals surface area contributed by atoms with E-state index in [4.69, 9.17) is 5.73 Å². The van der Waals surface area contributed by atoms with Crippen LogP contribution in [0.4, 0.5) is 0 Å². The van der Waals surface area contributed by atoms with Gasteiger partial charge in [0.25, 0.3) is 11.8 Å². The lowest BCUT2D eigenvalue weighted by Crippen LogP contribution is -2.32. The van der Waals surface area contributed by atoms with E-state index >= 15 is 0 Å². The minimum Gasteiger partial charge on any atom is -0.366 e. The number of aromatic nitrogens is 2. The maximum atomic E-state index is 12.7. The lowest BCUT2D eigenvalue weighted by Gasteiger charge is -2.20. The molecule has 4 N–H and O–H groups in total. The molecular weight excluding hydrogens is 394 g/mol. The molecule has 1 saturated heterocycles. The van der Waals surface area contributed by atoms with E-state index < -0.39 is 5.91 Å². The Hall–Kier alpha value is -3.68. The van der Waals surface area contributed by atoms with E-state index in [1.165, 1.54) is 0 Å². The molecule has 0 bridgehead atoms. The molecule has 1 aliphatic carbocycles. The molecule has 3 amide bonds. The van der Waals surface area contributed by atoms with E-state index in [2.05, 4.69) is 15.3 Å². The summed E-state index contributed by atoms with van der Waals surface area (Å²) in [5, 5.41) is 3.89. The summed E-state index contributed by atoms with van der Waals surface area (Å²) in [7, 11) is 0. The summed E-state index contributed by atoms with van der Waals surface area (Å²) in [4.78, 5) is 45.5. The molecule has 1 aromatic carbocycles. The number of H-pyrrole nitrogens is 1. The summed E-state index contributed by atoms with van der Waals surface area (Å²) < 4.78 is 0. The third-order valence-corrected chi connectivity index (χ3v) is 6.48. The molecular formula is C23H23N5O3.